The number of carbonyl (C=O) groups excluding carboxylic acids is 2. The van der Waals surface area contributed by atoms with Crippen molar-refractivity contribution in [1.29, 1.82) is 0 Å². The van der Waals surface area contributed by atoms with Crippen molar-refractivity contribution in [2.75, 3.05) is 6.61 Å². The molecule has 16 heavy (non-hydrogen) atoms. The maximum atomic E-state index is 11.3. The average Bonchev–Trinajstić information content (AvgIpc) is 2.23. The van der Waals surface area contributed by atoms with Crippen LogP contribution in [-0.4, -0.2) is 24.5 Å². The number of esters is 1. The summed E-state index contributed by atoms with van der Waals surface area (Å²) in [7, 11) is 0. The lowest BCUT2D eigenvalue weighted by Crippen LogP contribution is -2.53. The normalized spacial score (nSPS) is 18.8. The molecule has 0 bridgehead atoms. The molecule has 0 aliphatic carbocycles. The zero-order chi connectivity index (χ0) is 11.8. The Bertz CT molecular complexity index is 232. The summed E-state index contributed by atoms with van der Waals surface area (Å²) < 4.78 is 5.05. The minimum Gasteiger partial charge on any atom is -0.464 e. The molecule has 0 aromatic rings. The fourth-order valence-corrected chi connectivity index (χ4v) is 1.66. The van der Waals surface area contributed by atoms with E-state index in [2.05, 4.69) is 12.2 Å². The lowest BCUT2D eigenvalue weighted by atomic mass is 10.1. The topological polar surface area (TPSA) is 55.4 Å². The van der Waals surface area contributed by atoms with Crippen molar-refractivity contribution >= 4 is 11.9 Å². The van der Waals surface area contributed by atoms with Crippen LogP contribution in [0.2, 0.25) is 0 Å². The standard InChI is InChI=1S/C12H21NO3/c1-2-3-4-5-6-7-8-16-12(15)10-9-11(14)13-10/h10H,2-9H2,1H3,(H,13,14)/t10-/m0/s1. The molecule has 0 aromatic carbocycles. The fraction of sp³-hybridized carbons (Fsp3) is 0.833. The van der Waals surface area contributed by atoms with Gasteiger partial charge in [-0.05, 0) is 6.42 Å². The minimum atomic E-state index is -0.382. The van der Waals surface area contributed by atoms with E-state index in [9.17, 15) is 9.59 Å². The molecule has 0 saturated carbocycles. The number of hydrogen-bond acceptors (Lipinski definition) is 3. The van der Waals surface area contributed by atoms with E-state index in [0.717, 1.165) is 12.8 Å². The number of nitrogens with one attached hydrogen (secondary N) is 1. The van der Waals surface area contributed by atoms with Crippen LogP contribution in [0.15, 0.2) is 0 Å². The summed E-state index contributed by atoms with van der Waals surface area (Å²) in [5.41, 5.74) is 0. The lowest BCUT2D eigenvalue weighted by Gasteiger charge is -2.24. The molecule has 0 radical (unpaired) electrons. The molecule has 92 valence electrons. The highest BCUT2D eigenvalue weighted by Crippen LogP contribution is 2.08. The third kappa shape index (κ3) is 4.64. The summed E-state index contributed by atoms with van der Waals surface area (Å²) in [6.45, 7) is 2.67. The molecule has 1 heterocycles. The van der Waals surface area contributed by atoms with E-state index in [1.54, 1.807) is 0 Å². The monoisotopic (exact) mass is 227 g/mol. The second-order valence-electron chi connectivity index (χ2n) is 4.26. The summed E-state index contributed by atoms with van der Waals surface area (Å²) in [5, 5.41) is 2.50. The summed E-state index contributed by atoms with van der Waals surface area (Å²) in [6, 6.07) is -0.382. The van der Waals surface area contributed by atoms with Gasteiger partial charge in [-0.25, -0.2) is 4.79 Å². The van der Waals surface area contributed by atoms with Gasteiger partial charge < -0.3 is 10.1 Å². The van der Waals surface area contributed by atoms with Gasteiger partial charge in [0, 0.05) is 0 Å². The van der Waals surface area contributed by atoms with E-state index in [0.29, 0.717) is 6.61 Å². The third-order valence-electron chi connectivity index (χ3n) is 2.75. The van der Waals surface area contributed by atoms with Crippen molar-refractivity contribution in [2.24, 2.45) is 0 Å². The molecule has 1 amide bonds. The van der Waals surface area contributed by atoms with E-state index in [1.807, 2.05) is 0 Å². The predicted molar refractivity (Wildman–Crippen MR) is 60.9 cm³/mol. The van der Waals surface area contributed by atoms with Gasteiger partial charge in [-0.3, -0.25) is 4.79 Å². The van der Waals surface area contributed by atoms with Gasteiger partial charge >= 0.3 is 5.97 Å². The van der Waals surface area contributed by atoms with Crippen molar-refractivity contribution in [3.8, 4) is 0 Å². The summed E-state index contributed by atoms with van der Waals surface area (Å²) in [6.07, 6.45) is 7.34. The Morgan fingerprint density at radius 2 is 1.94 bits per heavy atom. The van der Waals surface area contributed by atoms with Crippen molar-refractivity contribution in [3.05, 3.63) is 0 Å². The Morgan fingerprint density at radius 3 is 2.56 bits per heavy atom. The molecule has 4 heteroatoms. The van der Waals surface area contributed by atoms with Crippen LogP contribution in [-0.2, 0) is 14.3 Å². The number of unbranched alkanes of at least 4 members (excludes halogenated alkanes) is 5. The van der Waals surface area contributed by atoms with Crippen LogP contribution in [0.1, 0.15) is 51.9 Å². The van der Waals surface area contributed by atoms with E-state index in [-0.39, 0.29) is 24.3 Å². The molecule has 0 unspecified atom stereocenters. The van der Waals surface area contributed by atoms with Gasteiger partial charge in [0.15, 0.2) is 0 Å². The molecule has 4 nitrogen and oxygen atoms in total. The SMILES string of the molecule is CCCCCCCCOC(=O)[C@@H]1CC(=O)N1. The molecule has 1 saturated heterocycles. The van der Waals surface area contributed by atoms with Gasteiger partial charge in [0.25, 0.3) is 0 Å². The summed E-state index contributed by atoms with van der Waals surface area (Å²) in [5.74, 6) is -0.352. The fourth-order valence-electron chi connectivity index (χ4n) is 1.66. The third-order valence-corrected chi connectivity index (χ3v) is 2.75. The molecule has 1 aliphatic heterocycles. The molecular formula is C12H21NO3. The van der Waals surface area contributed by atoms with Gasteiger partial charge in [0.2, 0.25) is 5.91 Å². The van der Waals surface area contributed by atoms with Gasteiger partial charge in [0.05, 0.1) is 13.0 Å². The van der Waals surface area contributed by atoms with Gasteiger partial charge in [-0.1, -0.05) is 39.0 Å². The molecular weight excluding hydrogens is 206 g/mol. The van der Waals surface area contributed by atoms with Crippen LogP contribution in [0.5, 0.6) is 0 Å². The Hall–Kier alpha value is -1.06. The first-order valence-electron chi connectivity index (χ1n) is 6.20. The van der Waals surface area contributed by atoms with Crippen molar-refractivity contribution in [2.45, 2.75) is 57.9 Å². The van der Waals surface area contributed by atoms with E-state index in [4.69, 9.17) is 4.74 Å². The highest BCUT2D eigenvalue weighted by molar-refractivity contribution is 5.94. The van der Waals surface area contributed by atoms with E-state index in [1.165, 1.54) is 25.7 Å². The second-order valence-corrected chi connectivity index (χ2v) is 4.26. The van der Waals surface area contributed by atoms with E-state index < -0.39 is 0 Å². The molecule has 1 aliphatic rings. The zero-order valence-electron chi connectivity index (χ0n) is 9.96. The van der Waals surface area contributed by atoms with Gasteiger partial charge in [0.1, 0.15) is 6.04 Å². The number of carbonyl (C=O) groups is 2. The highest BCUT2D eigenvalue weighted by Gasteiger charge is 2.32. The number of hydrogen-bond donors (Lipinski definition) is 1. The van der Waals surface area contributed by atoms with E-state index >= 15 is 0 Å². The summed E-state index contributed by atoms with van der Waals surface area (Å²) in [4.78, 5) is 21.8. The van der Waals surface area contributed by atoms with Crippen LogP contribution in [0.25, 0.3) is 0 Å². The smallest absolute Gasteiger partial charge is 0.329 e. The predicted octanol–water partition coefficient (Wildman–Crippen LogP) is 1.78. The van der Waals surface area contributed by atoms with Crippen LogP contribution in [0.4, 0.5) is 0 Å². The molecule has 1 fully saturated rings. The number of ether oxygens (including phenoxy) is 1. The average molecular weight is 227 g/mol. The minimum absolute atomic E-state index is 0.0680. The number of amides is 1. The molecule has 0 spiro atoms. The summed E-state index contributed by atoms with van der Waals surface area (Å²) >= 11 is 0. The maximum Gasteiger partial charge on any atom is 0.329 e. The van der Waals surface area contributed by atoms with Crippen molar-refractivity contribution in [1.82, 2.24) is 5.32 Å². The van der Waals surface area contributed by atoms with Crippen LogP contribution < -0.4 is 5.32 Å². The number of β-lactam (4-membered cyclic amide) rings is 1. The largest absolute Gasteiger partial charge is 0.464 e. The maximum absolute atomic E-state index is 11.3. The van der Waals surface area contributed by atoms with Crippen LogP contribution in [0, 0.1) is 0 Å². The number of rotatable bonds is 8. The van der Waals surface area contributed by atoms with Crippen molar-refractivity contribution < 1.29 is 14.3 Å². The molecule has 1 N–H and O–H groups in total. The van der Waals surface area contributed by atoms with Crippen LogP contribution in [0.3, 0.4) is 0 Å². The lowest BCUT2D eigenvalue weighted by molar-refractivity contribution is -0.153. The first-order valence-corrected chi connectivity index (χ1v) is 6.20. The highest BCUT2D eigenvalue weighted by atomic mass is 16.5. The Labute approximate surface area is 96.7 Å². The Kier molecular flexibility index (Phi) is 5.90. The Morgan fingerprint density at radius 1 is 1.31 bits per heavy atom. The van der Waals surface area contributed by atoms with Crippen molar-refractivity contribution in [3.63, 3.8) is 0 Å². The van der Waals surface area contributed by atoms with Gasteiger partial charge in [-0.15, -0.1) is 0 Å². The molecule has 0 aromatic heterocycles. The van der Waals surface area contributed by atoms with Gasteiger partial charge in [-0.2, -0.15) is 0 Å². The zero-order valence-corrected chi connectivity index (χ0v) is 9.96. The molecule has 1 atom stereocenters. The Balaban J connectivity index is 1.87. The quantitative estimate of drug-likeness (QED) is 0.390. The second kappa shape index (κ2) is 7.25. The van der Waals surface area contributed by atoms with Crippen LogP contribution >= 0.6 is 0 Å². The first kappa shape index (κ1) is 13.0. The molecule has 1 rings (SSSR count). The first-order chi connectivity index (χ1) is 7.74.